The number of hydrogen-bond acceptors (Lipinski definition) is 2. The van der Waals surface area contributed by atoms with Gasteiger partial charge in [0.25, 0.3) is 0 Å². The fourth-order valence-corrected chi connectivity index (χ4v) is 0.654. The monoisotopic (exact) mass is 110 g/mol. The average Bonchev–Trinajstić information content (AvgIpc) is 1.77. The lowest BCUT2D eigenvalue weighted by atomic mass is 10.3. The van der Waals surface area contributed by atoms with Crippen LogP contribution in [0.2, 0.25) is 0 Å². The summed E-state index contributed by atoms with van der Waals surface area (Å²) in [5.74, 6) is 0. The smallest absolute Gasteiger partial charge is 0.0566 e. The van der Waals surface area contributed by atoms with E-state index < -0.39 is 0 Å². The van der Waals surface area contributed by atoms with Crippen LogP contribution in [0, 0.1) is 0 Å². The molecule has 1 heterocycles. The highest BCUT2D eigenvalue weighted by Crippen LogP contribution is 1.94. The SMILES string of the molecule is C=C1NCCN=C1C. The maximum absolute atomic E-state index is 4.17. The van der Waals surface area contributed by atoms with Crippen LogP contribution in [0.15, 0.2) is 17.3 Å². The van der Waals surface area contributed by atoms with Crippen molar-refractivity contribution in [1.82, 2.24) is 5.32 Å². The molecule has 0 saturated heterocycles. The van der Waals surface area contributed by atoms with Crippen LogP contribution in [0.5, 0.6) is 0 Å². The summed E-state index contributed by atoms with van der Waals surface area (Å²) in [7, 11) is 0. The molecular weight excluding hydrogens is 100 g/mol. The van der Waals surface area contributed by atoms with Gasteiger partial charge in [-0.1, -0.05) is 6.58 Å². The molecular formula is C6H10N2. The van der Waals surface area contributed by atoms with Crippen LogP contribution in [0.25, 0.3) is 0 Å². The molecule has 0 aromatic rings. The maximum Gasteiger partial charge on any atom is 0.0566 e. The Morgan fingerprint density at radius 3 is 2.88 bits per heavy atom. The van der Waals surface area contributed by atoms with Gasteiger partial charge in [-0.05, 0) is 6.92 Å². The molecule has 0 bridgehead atoms. The molecule has 8 heavy (non-hydrogen) atoms. The Morgan fingerprint density at radius 1 is 1.75 bits per heavy atom. The molecule has 1 N–H and O–H groups in total. The number of nitrogens with zero attached hydrogens (tertiary/aromatic N) is 1. The van der Waals surface area contributed by atoms with E-state index in [1.807, 2.05) is 6.92 Å². The fourth-order valence-electron chi connectivity index (χ4n) is 0.654. The molecule has 0 saturated carbocycles. The van der Waals surface area contributed by atoms with Crippen LogP contribution in [-0.4, -0.2) is 18.8 Å². The zero-order valence-corrected chi connectivity index (χ0v) is 5.07. The summed E-state index contributed by atoms with van der Waals surface area (Å²) in [6, 6.07) is 0. The molecule has 0 fully saturated rings. The lowest BCUT2D eigenvalue weighted by Crippen LogP contribution is -2.25. The first-order chi connectivity index (χ1) is 3.80. The maximum atomic E-state index is 4.17. The number of nitrogens with one attached hydrogen (secondary N) is 1. The van der Waals surface area contributed by atoms with Crippen molar-refractivity contribution in [3.8, 4) is 0 Å². The quantitative estimate of drug-likeness (QED) is 0.484. The van der Waals surface area contributed by atoms with E-state index in [-0.39, 0.29) is 0 Å². The summed E-state index contributed by atoms with van der Waals surface area (Å²) in [6.45, 7) is 7.55. The van der Waals surface area contributed by atoms with Gasteiger partial charge in [-0.25, -0.2) is 0 Å². The zero-order chi connectivity index (χ0) is 5.98. The minimum Gasteiger partial charge on any atom is -0.382 e. The molecule has 1 aliphatic heterocycles. The molecule has 2 heteroatoms. The molecule has 1 rings (SSSR count). The van der Waals surface area contributed by atoms with Gasteiger partial charge in [0.05, 0.1) is 12.3 Å². The third-order valence-corrected chi connectivity index (χ3v) is 1.24. The number of rotatable bonds is 0. The first kappa shape index (κ1) is 5.35. The van der Waals surface area contributed by atoms with Crippen molar-refractivity contribution in [2.75, 3.05) is 13.1 Å². The predicted octanol–water partition coefficient (Wildman–Crippen LogP) is 0.564. The lowest BCUT2D eigenvalue weighted by molar-refractivity contribution is 0.796. The van der Waals surface area contributed by atoms with Gasteiger partial charge in [-0.3, -0.25) is 4.99 Å². The highest BCUT2D eigenvalue weighted by molar-refractivity contribution is 5.97. The Labute approximate surface area is 49.3 Å². The van der Waals surface area contributed by atoms with Crippen molar-refractivity contribution in [3.05, 3.63) is 12.3 Å². The van der Waals surface area contributed by atoms with Gasteiger partial charge < -0.3 is 5.32 Å². The molecule has 44 valence electrons. The van der Waals surface area contributed by atoms with Gasteiger partial charge in [0.2, 0.25) is 0 Å². The van der Waals surface area contributed by atoms with E-state index in [9.17, 15) is 0 Å². The van der Waals surface area contributed by atoms with E-state index >= 15 is 0 Å². The Kier molecular flexibility index (Phi) is 1.33. The molecule has 0 atom stereocenters. The van der Waals surface area contributed by atoms with Gasteiger partial charge in [0, 0.05) is 12.2 Å². The Balaban J connectivity index is 2.67. The first-order valence-electron chi connectivity index (χ1n) is 2.75. The average molecular weight is 110 g/mol. The van der Waals surface area contributed by atoms with Crippen molar-refractivity contribution in [1.29, 1.82) is 0 Å². The summed E-state index contributed by atoms with van der Waals surface area (Å²) in [5.41, 5.74) is 2.01. The lowest BCUT2D eigenvalue weighted by Gasteiger charge is -2.12. The number of aliphatic imine (C=N–C) groups is 1. The van der Waals surface area contributed by atoms with Crippen LogP contribution >= 0.6 is 0 Å². The summed E-state index contributed by atoms with van der Waals surface area (Å²) >= 11 is 0. The van der Waals surface area contributed by atoms with Crippen LogP contribution in [-0.2, 0) is 0 Å². The Morgan fingerprint density at radius 2 is 2.50 bits per heavy atom. The van der Waals surface area contributed by atoms with Crippen molar-refractivity contribution in [3.63, 3.8) is 0 Å². The molecule has 0 spiro atoms. The largest absolute Gasteiger partial charge is 0.382 e. The van der Waals surface area contributed by atoms with Gasteiger partial charge in [-0.2, -0.15) is 0 Å². The summed E-state index contributed by atoms with van der Waals surface area (Å²) in [4.78, 5) is 4.17. The molecule has 0 aromatic carbocycles. The van der Waals surface area contributed by atoms with Gasteiger partial charge in [0.15, 0.2) is 0 Å². The van der Waals surface area contributed by atoms with Crippen LogP contribution < -0.4 is 5.32 Å². The second-order valence-corrected chi connectivity index (χ2v) is 1.87. The minimum absolute atomic E-state index is 0.894. The minimum atomic E-state index is 0.894. The molecule has 0 radical (unpaired) electrons. The van der Waals surface area contributed by atoms with E-state index in [0.717, 1.165) is 24.5 Å². The molecule has 0 unspecified atom stereocenters. The predicted molar refractivity (Wildman–Crippen MR) is 35.1 cm³/mol. The summed E-state index contributed by atoms with van der Waals surface area (Å²) < 4.78 is 0. The second-order valence-electron chi connectivity index (χ2n) is 1.87. The molecule has 1 aliphatic rings. The highest BCUT2D eigenvalue weighted by atomic mass is 15.0. The van der Waals surface area contributed by atoms with Crippen molar-refractivity contribution >= 4 is 5.71 Å². The summed E-state index contributed by atoms with van der Waals surface area (Å²) in [6.07, 6.45) is 0. The van der Waals surface area contributed by atoms with E-state index in [1.165, 1.54) is 0 Å². The zero-order valence-electron chi connectivity index (χ0n) is 5.07. The van der Waals surface area contributed by atoms with Gasteiger partial charge in [-0.15, -0.1) is 0 Å². The second kappa shape index (κ2) is 1.99. The summed E-state index contributed by atoms with van der Waals surface area (Å²) in [5, 5.41) is 3.11. The normalized spacial score (nSPS) is 19.6. The number of hydrogen-bond donors (Lipinski definition) is 1. The molecule has 0 aliphatic carbocycles. The topological polar surface area (TPSA) is 24.4 Å². The standard InChI is InChI=1S/C6H10N2/c1-5-6(2)8-4-3-7-5/h7H,1,3-4H2,2H3. The van der Waals surface area contributed by atoms with Crippen LogP contribution in [0.3, 0.4) is 0 Å². The van der Waals surface area contributed by atoms with Crippen LogP contribution in [0.4, 0.5) is 0 Å². The molecule has 0 aromatic heterocycles. The molecule has 0 amide bonds. The number of allylic oxidation sites excluding steroid dienone is 1. The van der Waals surface area contributed by atoms with E-state index in [4.69, 9.17) is 0 Å². The Hall–Kier alpha value is -0.790. The van der Waals surface area contributed by atoms with Gasteiger partial charge in [0.1, 0.15) is 0 Å². The molecule has 2 nitrogen and oxygen atoms in total. The van der Waals surface area contributed by atoms with E-state index in [0.29, 0.717) is 0 Å². The van der Waals surface area contributed by atoms with Gasteiger partial charge >= 0.3 is 0 Å². The van der Waals surface area contributed by atoms with E-state index in [2.05, 4.69) is 16.9 Å². The van der Waals surface area contributed by atoms with E-state index in [1.54, 1.807) is 0 Å². The van der Waals surface area contributed by atoms with Crippen molar-refractivity contribution in [2.45, 2.75) is 6.92 Å². The van der Waals surface area contributed by atoms with Crippen LogP contribution in [0.1, 0.15) is 6.92 Å². The third-order valence-electron chi connectivity index (χ3n) is 1.24. The fraction of sp³-hybridized carbons (Fsp3) is 0.500. The Bertz CT molecular complexity index is 135. The first-order valence-corrected chi connectivity index (χ1v) is 2.75. The third kappa shape index (κ3) is 0.886. The highest BCUT2D eigenvalue weighted by Gasteiger charge is 2.00. The van der Waals surface area contributed by atoms with Crippen molar-refractivity contribution < 1.29 is 0 Å². The van der Waals surface area contributed by atoms with Crippen molar-refractivity contribution in [2.24, 2.45) is 4.99 Å².